The Hall–Kier alpha value is -9.25. The van der Waals surface area contributed by atoms with Crippen LogP contribution in [0.15, 0.2) is 144 Å². The molecule has 3 aromatic heterocycles. The number of carbonyl (C=O) groups excluding carboxylic acids is 1. The molecule has 1 unspecified atom stereocenters. The quantitative estimate of drug-likeness (QED) is 0.0788. The fourth-order valence-electron chi connectivity index (χ4n) is 13.6. The van der Waals surface area contributed by atoms with E-state index in [0.717, 1.165) is 131 Å². The molecule has 0 spiro atoms. The highest BCUT2D eigenvalue weighted by Crippen LogP contribution is 2.50. The van der Waals surface area contributed by atoms with Gasteiger partial charge in [-0.25, -0.2) is 24.8 Å². The van der Waals surface area contributed by atoms with Crippen LogP contribution >= 0.6 is 0 Å². The molecule has 5 atom stereocenters. The van der Waals surface area contributed by atoms with Crippen molar-refractivity contribution in [1.82, 2.24) is 25.3 Å². The molecule has 1 fully saturated rings. The molecule has 17 nitrogen and oxygen atoms in total. The Labute approximate surface area is 500 Å². The number of fused-ring (bicyclic) bond motifs is 13. The van der Waals surface area contributed by atoms with Crippen molar-refractivity contribution in [3.8, 4) is 0 Å². The zero-order chi connectivity index (χ0) is 62.1. The standard InChI is InChI=1S/C35H38N4O3.C34H36N4O6/c1-9-12-22-18(6)25-13-23-16(4)20(10-2)27(36-23)14-24-17(5)21(11-3)28(37-24)15-26-19(7)29-33(39-26)30(32(22)38-25)31(34(29)40)35(41)42-8;1-7-19-15(3)23-12-25-17(5)21(9-10-29(39)40)32(37-25)22(11-30(41)42)33-31(34(43)44)18(6)26(38-33)14-28-20(8-2)16(4)24(36-28)13-27(19)35-23/h10,13-15,18,22,31,38,40H,2,9,11-12H2,1,3-8H3;7,12-14,17,21,35-36H,1,8-11H2,2-6H3,(H,39,40)(H,41,42)(H,43,44)/t18-,22-,31?;17-,21-/m00/s1. The van der Waals surface area contributed by atoms with Crippen LogP contribution in [0, 0.1) is 31.6 Å². The minimum Gasteiger partial charge on any atom is -0.510 e. The highest BCUT2D eigenvalue weighted by molar-refractivity contribution is 6.25. The van der Waals surface area contributed by atoms with Crippen molar-refractivity contribution in [2.45, 2.75) is 133 Å². The van der Waals surface area contributed by atoms with Crippen LogP contribution in [0.1, 0.15) is 157 Å². The fourth-order valence-corrected chi connectivity index (χ4v) is 13.6. The van der Waals surface area contributed by atoms with Crippen molar-refractivity contribution in [3.63, 3.8) is 0 Å². The Bertz CT molecular complexity index is 4190. The van der Waals surface area contributed by atoms with Crippen LogP contribution in [0.3, 0.4) is 0 Å². The average Bonchev–Trinajstić information content (AvgIpc) is 1.61. The lowest BCUT2D eigenvalue weighted by molar-refractivity contribution is -0.143. The number of rotatable bonds is 13. The monoisotopic (exact) mass is 1160 g/mol. The second kappa shape index (κ2) is 23.3. The van der Waals surface area contributed by atoms with E-state index < -0.39 is 42.1 Å². The maximum atomic E-state index is 13.2. The number of esters is 1. The minimum atomic E-state index is -1.23. The molecule has 8 aliphatic rings. The van der Waals surface area contributed by atoms with Crippen molar-refractivity contribution in [2.24, 2.45) is 32.7 Å². The molecular weight excluding hydrogens is 1080 g/mol. The predicted molar refractivity (Wildman–Crippen MR) is 337 cm³/mol. The van der Waals surface area contributed by atoms with Gasteiger partial charge in [0.2, 0.25) is 0 Å². The van der Waals surface area contributed by atoms with Crippen LogP contribution < -0.4 is 5.32 Å². The summed E-state index contributed by atoms with van der Waals surface area (Å²) in [5.74, 6) is -5.31. The van der Waals surface area contributed by atoms with Gasteiger partial charge in [-0.3, -0.25) is 19.4 Å². The second-order valence-electron chi connectivity index (χ2n) is 23.2. The van der Waals surface area contributed by atoms with E-state index in [1.165, 1.54) is 7.11 Å². The van der Waals surface area contributed by atoms with Gasteiger partial charge in [0.1, 0.15) is 11.7 Å². The van der Waals surface area contributed by atoms with Crippen molar-refractivity contribution >= 4 is 80.3 Å². The highest BCUT2D eigenvalue weighted by atomic mass is 16.5. The van der Waals surface area contributed by atoms with E-state index in [2.05, 4.69) is 75.2 Å². The molecular formula is C69H74N8O9. The molecule has 0 saturated carbocycles. The van der Waals surface area contributed by atoms with Crippen LogP contribution in [-0.2, 0) is 36.8 Å². The molecule has 3 aromatic rings. The number of ether oxygens (including phenoxy) is 1. The third-order valence-electron chi connectivity index (χ3n) is 18.4. The number of H-pyrrole nitrogens is 2. The topological polar surface area (TPSA) is 265 Å². The van der Waals surface area contributed by atoms with Crippen LogP contribution in [0.2, 0.25) is 0 Å². The number of hydrogen-bond donors (Lipinski definition) is 7. The van der Waals surface area contributed by atoms with Gasteiger partial charge >= 0.3 is 23.9 Å². The number of aliphatic carboxylic acids is 3. The third kappa shape index (κ3) is 10.1. The van der Waals surface area contributed by atoms with Gasteiger partial charge in [0.25, 0.3) is 0 Å². The number of aryl methyl sites for hydroxylation is 3. The number of allylic oxidation sites excluding steroid dienone is 12. The van der Waals surface area contributed by atoms with Gasteiger partial charge in [0.05, 0.1) is 70.4 Å². The lowest BCUT2D eigenvalue weighted by Gasteiger charge is -2.20. The molecule has 7 aliphatic heterocycles. The number of nitrogens with zero attached hydrogens (tertiary/aromatic N) is 5. The summed E-state index contributed by atoms with van der Waals surface area (Å²) in [7, 11) is 1.36. The van der Waals surface area contributed by atoms with Gasteiger partial charge < -0.3 is 40.4 Å². The Morgan fingerprint density at radius 1 is 0.709 bits per heavy atom. The molecule has 0 radical (unpaired) electrons. The van der Waals surface area contributed by atoms with Crippen LogP contribution in [0.5, 0.6) is 0 Å². The molecule has 444 valence electrons. The van der Waals surface area contributed by atoms with E-state index in [4.69, 9.17) is 29.7 Å². The predicted octanol–water partition coefficient (Wildman–Crippen LogP) is 13.6. The number of aliphatic hydroxyl groups is 1. The molecule has 17 heteroatoms. The number of carboxylic acid groups (broad SMARTS) is 3. The molecule has 10 heterocycles. The van der Waals surface area contributed by atoms with Crippen LogP contribution in [0.25, 0.3) is 39.3 Å². The van der Waals surface area contributed by atoms with E-state index >= 15 is 0 Å². The summed E-state index contributed by atoms with van der Waals surface area (Å²) in [4.78, 5) is 81.7. The summed E-state index contributed by atoms with van der Waals surface area (Å²) in [6.45, 7) is 30.4. The Balaban J connectivity index is 0.000000191. The third-order valence-corrected chi connectivity index (χ3v) is 18.4. The Morgan fingerprint density at radius 3 is 2.05 bits per heavy atom. The smallest absolute Gasteiger partial charge is 0.338 e. The number of methoxy groups -OCH3 is 1. The number of aliphatic imine (C=N–C) groups is 3. The SMILES string of the molecule is C=CC1=C(C)C2=NC1=CC1=NC(=CC3=C(C)C4=C(O)C(C(=O)OC)C(=C5NC(=C2)[C@@H](C)[C@@H]5CCC)C4=N3)C(CC)=C1C.C=Cc1c(C)c2cc3nc(c(CC(=O)O)c4nc(cc5[nH]c(cc1[nH]2)c(C)c5CC)C(C)=C4C(=O)O)[C@@H](CCC(=O)O)[C@@H]3C. The first kappa shape index (κ1) is 59.9. The first-order valence-electron chi connectivity index (χ1n) is 29.5. The Kier molecular flexibility index (Phi) is 16.2. The van der Waals surface area contributed by atoms with E-state index in [9.17, 15) is 39.6 Å². The van der Waals surface area contributed by atoms with Crippen molar-refractivity contribution < 1.29 is 44.3 Å². The molecule has 16 bridgehead atoms. The summed E-state index contributed by atoms with van der Waals surface area (Å²) < 4.78 is 5.22. The highest BCUT2D eigenvalue weighted by Gasteiger charge is 2.49. The van der Waals surface area contributed by atoms with Gasteiger partial charge in [0, 0.05) is 97.1 Å². The van der Waals surface area contributed by atoms with Gasteiger partial charge in [-0.2, -0.15) is 0 Å². The van der Waals surface area contributed by atoms with Crippen molar-refractivity contribution in [2.75, 3.05) is 7.11 Å². The molecule has 0 amide bonds. The van der Waals surface area contributed by atoms with Crippen LogP contribution in [-0.4, -0.2) is 88.5 Å². The van der Waals surface area contributed by atoms with E-state index in [-0.39, 0.29) is 53.2 Å². The summed E-state index contributed by atoms with van der Waals surface area (Å²) in [5.41, 5.74) is 22.5. The summed E-state index contributed by atoms with van der Waals surface area (Å²) in [5, 5.41) is 45.2. The van der Waals surface area contributed by atoms with Crippen LogP contribution in [0.4, 0.5) is 0 Å². The molecule has 11 rings (SSSR count). The van der Waals surface area contributed by atoms with Crippen molar-refractivity contribution in [3.05, 3.63) is 180 Å². The molecule has 7 N–H and O–H groups in total. The normalized spacial score (nSPS) is 21.2. The average molecular weight is 1160 g/mol. The fraction of sp³-hybridized carbons (Fsp3) is 0.348. The number of carboxylic acids is 3. The minimum absolute atomic E-state index is 0.00237. The van der Waals surface area contributed by atoms with Gasteiger partial charge in [-0.15, -0.1) is 0 Å². The van der Waals surface area contributed by atoms with Gasteiger partial charge in [-0.1, -0.05) is 66.3 Å². The maximum Gasteiger partial charge on any atom is 0.338 e. The van der Waals surface area contributed by atoms with Gasteiger partial charge in [-0.05, 0) is 148 Å². The Morgan fingerprint density at radius 2 is 1.41 bits per heavy atom. The lowest BCUT2D eigenvalue weighted by Crippen LogP contribution is -2.24. The number of carbonyl (C=O) groups is 4. The number of nitrogens with one attached hydrogen (secondary N) is 3. The van der Waals surface area contributed by atoms with E-state index in [0.29, 0.717) is 45.9 Å². The number of hydrogen-bond acceptors (Lipinski definition) is 12. The zero-order valence-electron chi connectivity index (χ0n) is 50.9. The number of aromatic amines is 2. The number of aliphatic hydroxyl groups excluding tert-OH is 1. The van der Waals surface area contributed by atoms with E-state index in [1.54, 1.807) is 13.0 Å². The molecule has 86 heavy (non-hydrogen) atoms. The largest absolute Gasteiger partial charge is 0.510 e. The van der Waals surface area contributed by atoms with Crippen molar-refractivity contribution in [1.29, 1.82) is 0 Å². The summed E-state index contributed by atoms with van der Waals surface area (Å²) in [6.07, 6.45) is 12.8. The number of aromatic nitrogens is 4. The molecule has 1 aliphatic carbocycles. The van der Waals surface area contributed by atoms with Gasteiger partial charge in [0.15, 0.2) is 0 Å². The van der Waals surface area contributed by atoms with E-state index in [1.807, 2.05) is 65.0 Å². The zero-order valence-corrected chi connectivity index (χ0v) is 50.9. The first-order valence-corrected chi connectivity index (χ1v) is 29.5. The first-order chi connectivity index (χ1) is 41.0. The molecule has 1 saturated heterocycles. The summed E-state index contributed by atoms with van der Waals surface area (Å²) in [6, 6.07) is 5.75. The summed E-state index contributed by atoms with van der Waals surface area (Å²) >= 11 is 0. The lowest BCUT2D eigenvalue weighted by atomic mass is 9.84. The molecule has 0 aromatic carbocycles. The maximum absolute atomic E-state index is 13.2. The second-order valence-corrected chi connectivity index (χ2v) is 23.2.